The van der Waals surface area contributed by atoms with E-state index in [9.17, 15) is 5.11 Å². The second kappa shape index (κ2) is 11.9. The van der Waals surface area contributed by atoms with Gasteiger partial charge in [-0.25, -0.2) is 0 Å². The lowest BCUT2D eigenvalue weighted by molar-refractivity contribution is 0.475. The molecule has 8 nitrogen and oxygen atoms in total. The largest absolute Gasteiger partial charge is 0.506 e. The summed E-state index contributed by atoms with van der Waals surface area (Å²) in [5.74, 6) is 1.52. The van der Waals surface area contributed by atoms with Gasteiger partial charge in [-0.2, -0.15) is 15.0 Å². The standard InChI is InChI=1S/C22H34ClN7O/c1-2-7-15(12-13-24)25-20-28-21(26-16-8-5-3-4-6-9-16)30-22(29-20)27-17-10-11-19(31)18(23)14-17/h10-11,14-16,31H,2-9,12-13,24H2,1H3,(H3,25,26,27,28,29,30). The lowest BCUT2D eigenvalue weighted by Crippen LogP contribution is -2.25. The maximum Gasteiger partial charge on any atom is 0.233 e. The molecule has 0 aliphatic heterocycles. The zero-order chi connectivity index (χ0) is 22.1. The Morgan fingerprint density at radius 3 is 2.45 bits per heavy atom. The average Bonchev–Trinajstić information content (AvgIpc) is 3.00. The molecule has 0 saturated heterocycles. The molecule has 0 amide bonds. The molecule has 1 atom stereocenters. The van der Waals surface area contributed by atoms with E-state index in [4.69, 9.17) is 17.3 Å². The highest BCUT2D eigenvalue weighted by Crippen LogP contribution is 2.28. The van der Waals surface area contributed by atoms with Crippen LogP contribution in [0.3, 0.4) is 0 Å². The number of aromatic nitrogens is 3. The lowest BCUT2D eigenvalue weighted by atomic mass is 10.1. The Balaban J connectivity index is 1.83. The predicted molar refractivity (Wildman–Crippen MR) is 127 cm³/mol. The quantitative estimate of drug-likeness (QED) is 0.253. The molecule has 31 heavy (non-hydrogen) atoms. The fraction of sp³-hybridized carbons (Fsp3) is 0.591. The Morgan fingerprint density at radius 2 is 1.77 bits per heavy atom. The number of rotatable bonds is 10. The van der Waals surface area contributed by atoms with Gasteiger partial charge in [-0.1, -0.05) is 50.6 Å². The number of aromatic hydroxyl groups is 1. The van der Waals surface area contributed by atoms with E-state index in [1.165, 1.54) is 31.7 Å². The zero-order valence-corrected chi connectivity index (χ0v) is 19.0. The normalized spacial score (nSPS) is 15.8. The second-order valence-electron chi connectivity index (χ2n) is 8.14. The van der Waals surface area contributed by atoms with E-state index in [0.717, 1.165) is 32.1 Å². The summed E-state index contributed by atoms with van der Waals surface area (Å²) in [4.78, 5) is 13.8. The Hall–Kier alpha value is -2.32. The van der Waals surface area contributed by atoms with Crippen molar-refractivity contribution in [2.45, 2.75) is 76.8 Å². The van der Waals surface area contributed by atoms with Gasteiger partial charge in [0.1, 0.15) is 5.75 Å². The molecule has 1 aromatic heterocycles. The van der Waals surface area contributed by atoms with Crippen LogP contribution in [0.15, 0.2) is 18.2 Å². The molecule has 1 fully saturated rings. The molecule has 1 aliphatic rings. The molecule has 0 spiro atoms. The SMILES string of the molecule is CCCC(CCN)Nc1nc(Nc2ccc(O)c(Cl)c2)nc(NC2CCCCCC2)n1. The molecule has 9 heteroatoms. The summed E-state index contributed by atoms with van der Waals surface area (Å²) < 4.78 is 0. The van der Waals surface area contributed by atoms with Gasteiger partial charge in [0.15, 0.2) is 0 Å². The van der Waals surface area contributed by atoms with Gasteiger partial charge in [0.2, 0.25) is 17.8 Å². The van der Waals surface area contributed by atoms with Crippen LogP contribution in [0.25, 0.3) is 0 Å². The van der Waals surface area contributed by atoms with Crippen LogP contribution >= 0.6 is 11.6 Å². The van der Waals surface area contributed by atoms with Gasteiger partial charge in [-0.3, -0.25) is 0 Å². The van der Waals surface area contributed by atoms with Crippen LogP contribution in [0, 0.1) is 0 Å². The van der Waals surface area contributed by atoms with Crippen LogP contribution in [-0.2, 0) is 0 Å². The summed E-state index contributed by atoms with van der Waals surface area (Å²) in [5, 5.41) is 20.1. The molecule has 0 bridgehead atoms. The van der Waals surface area contributed by atoms with Crippen LogP contribution in [0.4, 0.5) is 23.5 Å². The number of phenolic OH excluding ortho intramolecular Hbond substituents is 1. The molecule has 6 N–H and O–H groups in total. The molecule has 1 saturated carbocycles. The molecule has 1 heterocycles. The number of anilines is 4. The zero-order valence-electron chi connectivity index (χ0n) is 18.2. The smallest absolute Gasteiger partial charge is 0.233 e. The highest BCUT2D eigenvalue weighted by Gasteiger charge is 2.16. The molecule has 2 aromatic rings. The number of hydrogen-bond acceptors (Lipinski definition) is 8. The average molecular weight is 448 g/mol. The van der Waals surface area contributed by atoms with Crippen molar-refractivity contribution in [2.75, 3.05) is 22.5 Å². The summed E-state index contributed by atoms with van der Waals surface area (Å²) in [6.07, 6.45) is 10.1. The van der Waals surface area contributed by atoms with Gasteiger partial charge >= 0.3 is 0 Å². The third-order valence-corrected chi connectivity index (χ3v) is 5.82. The summed E-state index contributed by atoms with van der Waals surface area (Å²) in [5.41, 5.74) is 6.48. The van der Waals surface area contributed by atoms with Crippen LogP contribution in [0.1, 0.15) is 64.7 Å². The first kappa shape index (κ1) is 23.3. The van der Waals surface area contributed by atoms with E-state index in [-0.39, 0.29) is 16.8 Å². The maximum atomic E-state index is 9.67. The number of hydrogen-bond donors (Lipinski definition) is 5. The molecular weight excluding hydrogens is 414 g/mol. The Labute approximate surface area is 189 Å². The highest BCUT2D eigenvalue weighted by atomic mass is 35.5. The first-order valence-corrected chi connectivity index (χ1v) is 11.7. The van der Waals surface area contributed by atoms with Crippen LogP contribution in [-0.4, -0.2) is 38.7 Å². The van der Waals surface area contributed by atoms with Gasteiger partial charge in [-0.05, 0) is 50.4 Å². The second-order valence-corrected chi connectivity index (χ2v) is 8.54. The molecule has 1 aliphatic carbocycles. The first-order valence-electron chi connectivity index (χ1n) is 11.3. The molecular formula is C22H34ClN7O. The van der Waals surface area contributed by atoms with Crippen molar-refractivity contribution in [3.05, 3.63) is 23.2 Å². The number of phenols is 1. The summed E-state index contributed by atoms with van der Waals surface area (Å²) in [7, 11) is 0. The summed E-state index contributed by atoms with van der Waals surface area (Å²) in [6, 6.07) is 5.47. The number of benzene rings is 1. The molecule has 0 radical (unpaired) electrons. The molecule has 1 aromatic carbocycles. The Kier molecular flexibility index (Phi) is 8.97. The Morgan fingerprint density at radius 1 is 1.06 bits per heavy atom. The Bertz CT molecular complexity index is 799. The van der Waals surface area contributed by atoms with E-state index >= 15 is 0 Å². The third-order valence-electron chi connectivity index (χ3n) is 5.51. The van der Waals surface area contributed by atoms with E-state index in [0.29, 0.717) is 36.1 Å². The number of nitrogens with two attached hydrogens (primary N) is 1. The molecule has 170 valence electrons. The van der Waals surface area contributed by atoms with E-state index in [1.807, 2.05) is 0 Å². The van der Waals surface area contributed by atoms with Crippen molar-refractivity contribution in [1.82, 2.24) is 15.0 Å². The van der Waals surface area contributed by atoms with Gasteiger partial charge in [0.25, 0.3) is 0 Å². The minimum absolute atomic E-state index is 0.0325. The van der Waals surface area contributed by atoms with Crippen LogP contribution < -0.4 is 21.7 Å². The van der Waals surface area contributed by atoms with E-state index < -0.39 is 0 Å². The summed E-state index contributed by atoms with van der Waals surface area (Å²) >= 11 is 6.05. The topological polar surface area (TPSA) is 121 Å². The van der Waals surface area contributed by atoms with Gasteiger partial charge in [0, 0.05) is 17.8 Å². The van der Waals surface area contributed by atoms with Crippen LogP contribution in [0.2, 0.25) is 5.02 Å². The predicted octanol–water partition coefficient (Wildman–Crippen LogP) is 5.04. The minimum atomic E-state index is 0.0325. The van der Waals surface area contributed by atoms with Gasteiger partial charge in [-0.15, -0.1) is 0 Å². The van der Waals surface area contributed by atoms with Gasteiger partial charge < -0.3 is 26.8 Å². The number of halogens is 1. The van der Waals surface area contributed by atoms with Crippen molar-refractivity contribution >= 4 is 35.1 Å². The molecule has 1 unspecified atom stereocenters. The maximum absolute atomic E-state index is 9.67. The van der Waals surface area contributed by atoms with Crippen LogP contribution in [0.5, 0.6) is 5.75 Å². The lowest BCUT2D eigenvalue weighted by Gasteiger charge is -2.20. The van der Waals surface area contributed by atoms with Crippen molar-refractivity contribution in [1.29, 1.82) is 0 Å². The van der Waals surface area contributed by atoms with Gasteiger partial charge in [0.05, 0.1) is 5.02 Å². The highest BCUT2D eigenvalue weighted by molar-refractivity contribution is 6.32. The van der Waals surface area contributed by atoms with E-state index in [1.54, 1.807) is 12.1 Å². The number of nitrogens with one attached hydrogen (secondary N) is 3. The minimum Gasteiger partial charge on any atom is -0.506 e. The monoisotopic (exact) mass is 447 g/mol. The summed E-state index contributed by atoms with van der Waals surface area (Å²) in [6.45, 7) is 2.76. The van der Waals surface area contributed by atoms with Crippen molar-refractivity contribution in [3.63, 3.8) is 0 Å². The van der Waals surface area contributed by atoms with Crippen molar-refractivity contribution < 1.29 is 5.11 Å². The fourth-order valence-electron chi connectivity index (χ4n) is 3.90. The van der Waals surface area contributed by atoms with Crippen molar-refractivity contribution in [3.8, 4) is 5.75 Å². The van der Waals surface area contributed by atoms with Crippen molar-refractivity contribution in [2.24, 2.45) is 5.73 Å². The van der Waals surface area contributed by atoms with E-state index in [2.05, 4.69) is 37.8 Å². The fourth-order valence-corrected chi connectivity index (χ4v) is 4.08. The first-order chi connectivity index (χ1) is 15.1. The third kappa shape index (κ3) is 7.40. The molecule has 3 rings (SSSR count). The number of nitrogens with zero attached hydrogens (tertiary/aromatic N) is 3.